The Morgan fingerprint density at radius 3 is 2.73 bits per heavy atom. The topological polar surface area (TPSA) is 56.8 Å². The number of thioether (sulfide) groups is 1. The number of amides is 2. The molecule has 1 aliphatic heterocycles. The molecular formula is C19H32N4O2S. The second-order valence-electron chi connectivity index (χ2n) is 6.57. The average molecular weight is 381 g/mol. The molecule has 0 aromatic heterocycles. The SMILES string of the molecule is CSCCCCNC(=O)Nc1ccccc1OCCN1CCN(C)CC1. The lowest BCUT2D eigenvalue weighted by Gasteiger charge is -2.32. The highest BCUT2D eigenvalue weighted by Gasteiger charge is 2.14. The third-order valence-corrected chi connectivity index (χ3v) is 5.15. The number of hydrogen-bond donors (Lipinski definition) is 2. The second-order valence-corrected chi connectivity index (χ2v) is 7.56. The van der Waals surface area contributed by atoms with Crippen molar-refractivity contribution in [3.63, 3.8) is 0 Å². The summed E-state index contributed by atoms with van der Waals surface area (Å²) in [6.07, 6.45) is 4.21. The first kappa shape index (κ1) is 20.9. The van der Waals surface area contributed by atoms with Gasteiger partial charge < -0.3 is 20.3 Å². The van der Waals surface area contributed by atoms with Crippen LogP contribution in [0.15, 0.2) is 24.3 Å². The molecule has 1 heterocycles. The molecule has 1 aromatic carbocycles. The number of ether oxygens (including phenoxy) is 1. The van der Waals surface area contributed by atoms with Crippen molar-refractivity contribution >= 4 is 23.5 Å². The van der Waals surface area contributed by atoms with E-state index in [9.17, 15) is 4.79 Å². The van der Waals surface area contributed by atoms with Gasteiger partial charge in [-0.2, -0.15) is 11.8 Å². The number of nitrogens with zero attached hydrogens (tertiary/aromatic N) is 2. The molecule has 7 heteroatoms. The smallest absolute Gasteiger partial charge is 0.319 e. The molecule has 146 valence electrons. The maximum atomic E-state index is 12.1. The van der Waals surface area contributed by atoms with Gasteiger partial charge in [-0.1, -0.05) is 12.1 Å². The monoisotopic (exact) mass is 380 g/mol. The van der Waals surface area contributed by atoms with Crippen LogP contribution in [0.5, 0.6) is 5.75 Å². The first-order valence-corrected chi connectivity index (χ1v) is 10.7. The molecule has 1 saturated heterocycles. The molecule has 0 saturated carbocycles. The van der Waals surface area contributed by atoms with Gasteiger partial charge in [0.2, 0.25) is 0 Å². The number of likely N-dealkylation sites (N-methyl/N-ethyl adjacent to an activating group) is 1. The van der Waals surface area contributed by atoms with E-state index in [2.05, 4.69) is 33.7 Å². The molecule has 0 radical (unpaired) electrons. The summed E-state index contributed by atoms with van der Waals surface area (Å²) in [4.78, 5) is 16.8. The maximum Gasteiger partial charge on any atom is 0.319 e. The highest BCUT2D eigenvalue weighted by atomic mass is 32.2. The van der Waals surface area contributed by atoms with Crippen molar-refractivity contribution in [3.05, 3.63) is 24.3 Å². The Balaban J connectivity index is 1.71. The minimum absolute atomic E-state index is 0.177. The van der Waals surface area contributed by atoms with Gasteiger partial charge in [0.25, 0.3) is 0 Å². The molecule has 0 unspecified atom stereocenters. The van der Waals surface area contributed by atoms with Gasteiger partial charge in [-0.15, -0.1) is 0 Å². The van der Waals surface area contributed by atoms with E-state index in [-0.39, 0.29) is 6.03 Å². The zero-order valence-electron chi connectivity index (χ0n) is 16.0. The number of unbranched alkanes of at least 4 members (excludes halogenated alkanes) is 1. The van der Waals surface area contributed by atoms with Crippen molar-refractivity contribution < 1.29 is 9.53 Å². The molecule has 0 aliphatic carbocycles. The first-order chi connectivity index (χ1) is 12.7. The Bertz CT molecular complexity index is 536. The summed E-state index contributed by atoms with van der Waals surface area (Å²) in [5.74, 6) is 1.85. The van der Waals surface area contributed by atoms with Crippen LogP contribution in [0.3, 0.4) is 0 Å². The van der Waals surface area contributed by atoms with Gasteiger partial charge in [-0.25, -0.2) is 4.79 Å². The van der Waals surface area contributed by atoms with E-state index in [0.29, 0.717) is 18.8 Å². The average Bonchev–Trinajstić information content (AvgIpc) is 2.64. The molecule has 0 spiro atoms. The Morgan fingerprint density at radius 2 is 1.96 bits per heavy atom. The number of nitrogens with one attached hydrogen (secondary N) is 2. The van der Waals surface area contributed by atoms with Crippen LogP contribution < -0.4 is 15.4 Å². The molecule has 1 aromatic rings. The number of hydrogen-bond acceptors (Lipinski definition) is 5. The van der Waals surface area contributed by atoms with E-state index in [0.717, 1.165) is 57.1 Å². The lowest BCUT2D eigenvalue weighted by Crippen LogP contribution is -2.45. The van der Waals surface area contributed by atoms with Crippen LogP contribution in [0.1, 0.15) is 12.8 Å². The van der Waals surface area contributed by atoms with E-state index in [1.165, 1.54) is 0 Å². The van der Waals surface area contributed by atoms with Gasteiger partial charge in [-0.3, -0.25) is 4.90 Å². The van der Waals surface area contributed by atoms with Gasteiger partial charge in [0.1, 0.15) is 12.4 Å². The summed E-state index contributed by atoms with van der Waals surface area (Å²) in [7, 11) is 2.16. The number of piperazine rings is 1. The fourth-order valence-electron chi connectivity index (χ4n) is 2.79. The maximum absolute atomic E-state index is 12.1. The van der Waals surface area contributed by atoms with Crippen LogP contribution in [-0.2, 0) is 0 Å². The largest absolute Gasteiger partial charge is 0.490 e. The van der Waals surface area contributed by atoms with Crippen LogP contribution in [0, 0.1) is 0 Å². The molecule has 2 amide bonds. The minimum Gasteiger partial charge on any atom is -0.490 e. The number of para-hydroxylation sites is 2. The summed E-state index contributed by atoms with van der Waals surface area (Å²) in [5, 5.41) is 5.80. The van der Waals surface area contributed by atoms with Crippen molar-refractivity contribution in [2.75, 3.05) is 70.2 Å². The van der Waals surface area contributed by atoms with Crippen molar-refractivity contribution in [2.45, 2.75) is 12.8 Å². The molecular weight excluding hydrogens is 348 g/mol. The Morgan fingerprint density at radius 1 is 1.19 bits per heavy atom. The van der Waals surface area contributed by atoms with Crippen molar-refractivity contribution in [1.82, 2.24) is 15.1 Å². The molecule has 1 aliphatic rings. The van der Waals surface area contributed by atoms with E-state index in [4.69, 9.17) is 4.74 Å². The summed E-state index contributed by atoms with van der Waals surface area (Å²) in [6, 6.07) is 7.43. The number of carbonyl (C=O) groups excluding carboxylic acids is 1. The highest BCUT2D eigenvalue weighted by Crippen LogP contribution is 2.23. The van der Waals surface area contributed by atoms with Gasteiger partial charge in [-0.05, 0) is 44.0 Å². The number of urea groups is 1. The molecule has 6 nitrogen and oxygen atoms in total. The second kappa shape index (κ2) is 12.0. The summed E-state index contributed by atoms with van der Waals surface area (Å²) >= 11 is 1.83. The molecule has 26 heavy (non-hydrogen) atoms. The quantitative estimate of drug-likeness (QED) is 0.611. The van der Waals surface area contributed by atoms with Crippen LogP contribution in [0.4, 0.5) is 10.5 Å². The lowest BCUT2D eigenvalue weighted by atomic mass is 10.3. The molecule has 1 fully saturated rings. The number of carbonyl (C=O) groups is 1. The highest BCUT2D eigenvalue weighted by molar-refractivity contribution is 7.98. The van der Waals surface area contributed by atoms with E-state index >= 15 is 0 Å². The fraction of sp³-hybridized carbons (Fsp3) is 0.632. The standard InChI is InChI=1S/C19H32N4O2S/c1-22-10-12-23(13-11-22)14-15-25-18-8-4-3-7-17(18)21-19(24)20-9-5-6-16-26-2/h3-4,7-8H,5-6,9-16H2,1-2H3,(H2,20,21,24). The van der Waals surface area contributed by atoms with Gasteiger partial charge in [0.05, 0.1) is 5.69 Å². The van der Waals surface area contributed by atoms with Crippen LogP contribution >= 0.6 is 11.8 Å². The number of anilines is 1. The Hall–Kier alpha value is -1.44. The Kier molecular flexibility index (Phi) is 9.66. The third-order valence-electron chi connectivity index (χ3n) is 4.46. The number of rotatable bonds is 10. The van der Waals surface area contributed by atoms with Crippen molar-refractivity contribution in [1.29, 1.82) is 0 Å². The fourth-order valence-corrected chi connectivity index (χ4v) is 3.28. The summed E-state index contributed by atoms with van der Waals surface area (Å²) < 4.78 is 5.92. The predicted octanol–water partition coefficient (Wildman–Crippen LogP) is 2.58. The van der Waals surface area contributed by atoms with Gasteiger partial charge in [0.15, 0.2) is 0 Å². The molecule has 2 N–H and O–H groups in total. The lowest BCUT2D eigenvalue weighted by molar-refractivity contribution is 0.134. The Labute approximate surface area is 161 Å². The zero-order chi connectivity index (χ0) is 18.6. The molecule has 0 bridgehead atoms. The van der Waals surface area contributed by atoms with E-state index in [1.54, 1.807) is 0 Å². The summed E-state index contributed by atoms with van der Waals surface area (Å²) in [6.45, 7) is 6.60. The third kappa shape index (κ3) is 7.85. The van der Waals surface area contributed by atoms with Crippen LogP contribution in [-0.4, -0.2) is 80.8 Å². The minimum atomic E-state index is -0.177. The van der Waals surface area contributed by atoms with Crippen molar-refractivity contribution in [3.8, 4) is 5.75 Å². The van der Waals surface area contributed by atoms with Crippen molar-refractivity contribution in [2.24, 2.45) is 0 Å². The van der Waals surface area contributed by atoms with Gasteiger partial charge >= 0.3 is 6.03 Å². The van der Waals surface area contributed by atoms with E-state index in [1.807, 2.05) is 36.0 Å². The van der Waals surface area contributed by atoms with E-state index < -0.39 is 0 Å². The summed E-state index contributed by atoms with van der Waals surface area (Å²) in [5.41, 5.74) is 0.715. The zero-order valence-corrected chi connectivity index (χ0v) is 16.8. The first-order valence-electron chi connectivity index (χ1n) is 9.35. The van der Waals surface area contributed by atoms with Crippen LogP contribution in [0.25, 0.3) is 0 Å². The van der Waals surface area contributed by atoms with Crippen LogP contribution in [0.2, 0.25) is 0 Å². The van der Waals surface area contributed by atoms with Gasteiger partial charge in [0, 0.05) is 39.3 Å². The predicted molar refractivity (Wildman–Crippen MR) is 111 cm³/mol. The normalized spacial score (nSPS) is 15.6. The molecule has 0 atom stereocenters. The molecule has 2 rings (SSSR count). The number of benzene rings is 1.